The van der Waals surface area contributed by atoms with Gasteiger partial charge in [-0.15, -0.1) is 19.0 Å². The third-order valence-corrected chi connectivity index (χ3v) is 9.71. The van der Waals surface area contributed by atoms with E-state index in [9.17, 15) is 18.4 Å². The predicted molar refractivity (Wildman–Crippen MR) is 173 cm³/mol. The molecule has 3 aliphatic rings. The van der Waals surface area contributed by atoms with Crippen molar-refractivity contribution in [2.24, 2.45) is 21.7 Å². The molecule has 0 unspecified atom stereocenters. The van der Waals surface area contributed by atoms with Crippen LogP contribution in [0.4, 0.5) is 8.78 Å². The molecule has 11 nitrogen and oxygen atoms in total. The molecule has 1 aromatic heterocycles. The van der Waals surface area contributed by atoms with Crippen molar-refractivity contribution in [2.75, 3.05) is 0 Å². The number of nitrogens with zero attached hydrogens (tertiary/aromatic N) is 5. The number of fused-ring (bicyclic) bond motifs is 1. The Morgan fingerprint density at radius 1 is 1.04 bits per heavy atom. The van der Waals surface area contributed by atoms with Gasteiger partial charge in [0.2, 0.25) is 0 Å². The van der Waals surface area contributed by atoms with Crippen molar-refractivity contribution in [1.82, 2.24) is 30.8 Å². The van der Waals surface area contributed by atoms with Gasteiger partial charge in [0.25, 0.3) is 11.8 Å². The molecule has 2 aromatic carbocycles. The highest BCUT2D eigenvalue weighted by Gasteiger charge is 2.53. The van der Waals surface area contributed by atoms with Crippen molar-refractivity contribution in [3.05, 3.63) is 65.0 Å². The number of benzene rings is 2. The fourth-order valence-corrected chi connectivity index (χ4v) is 7.02. The lowest BCUT2D eigenvalue weighted by molar-refractivity contribution is -0.286. The molecule has 0 bridgehead atoms. The van der Waals surface area contributed by atoms with Gasteiger partial charge in [0.05, 0.1) is 12.6 Å². The molecule has 3 aromatic rings. The first-order chi connectivity index (χ1) is 22.5. The molecule has 2 aliphatic heterocycles. The topological polar surface area (TPSA) is 135 Å². The number of aliphatic imine (C=N–C) groups is 1. The Hall–Kier alpha value is -4.42. The highest BCUT2D eigenvalue weighted by atomic mass is 19.3. The van der Waals surface area contributed by atoms with Crippen LogP contribution in [0.5, 0.6) is 11.5 Å². The fraction of sp³-hybridized carbons (Fsp3) is 0.543. The molecule has 0 radical (unpaired) electrons. The van der Waals surface area contributed by atoms with Gasteiger partial charge in [-0.25, -0.2) is 0 Å². The second-order valence-corrected chi connectivity index (χ2v) is 15.3. The van der Waals surface area contributed by atoms with Crippen molar-refractivity contribution < 1.29 is 27.8 Å². The van der Waals surface area contributed by atoms with Crippen molar-refractivity contribution in [1.29, 1.82) is 0 Å². The van der Waals surface area contributed by atoms with E-state index in [-0.39, 0.29) is 52.4 Å². The zero-order chi connectivity index (χ0) is 34.5. The number of aromatic amines is 1. The molecule has 256 valence electrons. The Balaban J connectivity index is 1.35. The predicted octanol–water partition coefficient (Wildman–Crippen LogP) is 6.58. The molecule has 1 aliphatic carbocycles. The van der Waals surface area contributed by atoms with Gasteiger partial charge in [-0.3, -0.25) is 14.6 Å². The van der Waals surface area contributed by atoms with Crippen LogP contribution in [0.2, 0.25) is 0 Å². The minimum atomic E-state index is -3.77. The summed E-state index contributed by atoms with van der Waals surface area (Å²) < 4.78 is 37.1. The molecule has 1 fully saturated rings. The Morgan fingerprint density at radius 2 is 1.73 bits per heavy atom. The van der Waals surface area contributed by atoms with E-state index >= 15 is 0 Å². The third kappa shape index (κ3) is 6.91. The molecule has 3 heterocycles. The van der Waals surface area contributed by atoms with Gasteiger partial charge in [0.1, 0.15) is 11.4 Å². The van der Waals surface area contributed by atoms with Gasteiger partial charge >= 0.3 is 6.29 Å². The minimum absolute atomic E-state index is 0.0146. The van der Waals surface area contributed by atoms with E-state index in [2.05, 4.69) is 72.2 Å². The van der Waals surface area contributed by atoms with Gasteiger partial charge in [-0.1, -0.05) is 58.9 Å². The van der Waals surface area contributed by atoms with Crippen LogP contribution in [0.1, 0.15) is 113 Å². The number of hydrogen-bond donors (Lipinski definition) is 2. The molecular formula is C35H43F2N7O4. The molecule has 48 heavy (non-hydrogen) atoms. The third-order valence-electron chi connectivity index (χ3n) is 9.71. The van der Waals surface area contributed by atoms with Crippen LogP contribution in [-0.2, 0) is 11.3 Å². The van der Waals surface area contributed by atoms with Crippen molar-refractivity contribution in [3.8, 4) is 11.5 Å². The summed E-state index contributed by atoms with van der Waals surface area (Å²) in [5, 5.41) is 16.4. The van der Waals surface area contributed by atoms with E-state index in [1.807, 2.05) is 17.0 Å². The maximum atomic E-state index is 14.7. The number of ether oxygens (including phenoxy) is 2. The number of tetrazole rings is 1. The number of alkyl halides is 2. The summed E-state index contributed by atoms with van der Waals surface area (Å²) in [6.45, 7) is 13.4. The van der Waals surface area contributed by atoms with Crippen LogP contribution < -0.4 is 14.8 Å². The summed E-state index contributed by atoms with van der Waals surface area (Å²) in [6, 6.07) is 11.4. The lowest BCUT2D eigenvalue weighted by Gasteiger charge is -2.47. The highest BCUT2D eigenvalue weighted by Crippen LogP contribution is 2.51. The number of halogens is 2. The number of carbonyl (C=O) groups excluding carboxylic acids is 2. The lowest BCUT2D eigenvalue weighted by atomic mass is 9.69. The summed E-state index contributed by atoms with van der Waals surface area (Å²) in [4.78, 5) is 34.7. The van der Waals surface area contributed by atoms with E-state index in [0.29, 0.717) is 42.1 Å². The summed E-state index contributed by atoms with van der Waals surface area (Å²) in [6.07, 6.45) is 0.856. The van der Waals surface area contributed by atoms with Crippen LogP contribution in [-0.4, -0.2) is 55.0 Å². The van der Waals surface area contributed by atoms with Crippen LogP contribution in [0.3, 0.4) is 0 Å². The number of aromatic nitrogens is 4. The van der Waals surface area contributed by atoms with E-state index in [1.54, 1.807) is 18.2 Å². The van der Waals surface area contributed by atoms with Crippen LogP contribution in [0.15, 0.2) is 47.5 Å². The minimum Gasteiger partial charge on any atom is -0.395 e. The zero-order valence-electron chi connectivity index (χ0n) is 28.3. The molecule has 1 atom stereocenters. The standard InChI is InChI=1S/C35H43F2N7O4/c1-32(2,3)16-15-25(21-7-9-22(10-8-21)30(45)38-20-28-40-42-43-41-28)44-31(46)29(23-11-12-26-27(19-23)48-35(36,37)47-26)39-34(44)17-13-24(14-18-34)33(4,5)6/h7-12,19,24-25H,13-18,20H2,1-6H3,(H,38,45)(H,40,41,42,43)/t24?,25-,34?/m1/s1. The number of nitrogens with one attached hydrogen (secondary N) is 2. The van der Waals surface area contributed by atoms with Gasteiger partial charge in [0.15, 0.2) is 17.3 Å². The Kier molecular flexibility index (Phi) is 8.53. The van der Waals surface area contributed by atoms with Gasteiger partial charge in [-0.2, -0.15) is 5.21 Å². The first kappa shape index (κ1) is 33.5. The molecule has 0 saturated heterocycles. The summed E-state index contributed by atoms with van der Waals surface area (Å²) in [5.74, 6) is 0.0750. The molecular weight excluding hydrogens is 620 g/mol. The average molecular weight is 664 g/mol. The van der Waals surface area contributed by atoms with Crippen LogP contribution >= 0.6 is 0 Å². The Labute approximate surface area is 278 Å². The van der Waals surface area contributed by atoms with Crippen molar-refractivity contribution in [3.63, 3.8) is 0 Å². The number of carbonyl (C=O) groups is 2. The molecule has 1 saturated carbocycles. The summed E-state index contributed by atoms with van der Waals surface area (Å²) in [7, 11) is 0. The summed E-state index contributed by atoms with van der Waals surface area (Å²) >= 11 is 0. The second-order valence-electron chi connectivity index (χ2n) is 15.3. The van der Waals surface area contributed by atoms with Gasteiger partial charge in [-0.05, 0) is 91.2 Å². The lowest BCUT2D eigenvalue weighted by Crippen LogP contribution is -2.51. The van der Waals surface area contributed by atoms with E-state index in [1.165, 1.54) is 12.1 Å². The fourth-order valence-electron chi connectivity index (χ4n) is 7.02. The van der Waals surface area contributed by atoms with E-state index in [4.69, 9.17) is 9.73 Å². The second kappa shape index (κ2) is 12.2. The van der Waals surface area contributed by atoms with Crippen LogP contribution in [0, 0.1) is 16.7 Å². The monoisotopic (exact) mass is 663 g/mol. The van der Waals surface area contributed by atoms with Gasteiger partial charge in [0, 0.05) is 11.1 Å². The normalized spacial score (nSPS) is 22.6. The highest BCUT2D eigenvalue weighted by molar-refractivity contribution is 6.47. The first-order valence-electron chi connectivity index (χ1n) is 16.5. The van der Waals surface area contributed by atoms with Crippen molar-refractivity contribution >= 4 is 17.5 Å². The molecule has 13 heteroatoms. The van der Waals surface area contributed by atoms with Crippen LogP contribution in [0.25, 0.3) is 0 Å². The number of H-pyrrole nitrogens is 1. The number of amides is 2. The molecule has 6 rings (SSSR count). The van der Waals surface area contributed by atoms with Gasteiger partial charge < -0.3 is 19.7 Å². The molecule has 2 amide bonds. The van der Waals surface area contributed by atoms with Crippen molar-refractivity contribution in [2.45, 2.75) is 105 Å². The zero-order valence-corrected chi connectivity index (χ0v) is 28.3. The maximum absolute atomic E-state index is 14.7. The quantitative estimate of drug-likeness (QED) is 0.278. The Bertz CT molecular complexity index is 1690. The molecule has 2 N–H and O–H groups in total. The number of hydrogen-bond acceptors (Lipinski definition) is 8. The smallest absolute Gasteiger partial charge is 0.395 e. The van der Waals surface area contributed by atoms with E-state index in [0.717, 1.165) is 24.8 Å². The van der Waals surface area contributed by atoms with E-state index < -0.39 is 12.0 Å². The molecule has 1 spiro atoms. The summed E-state index contributed by atoms with van der Waals surface area (Å²) in [5.41, 5.74) is 1.26. The first-order valence-corrected chi connectivity index (χ1v) is 16.5. The Morgan fingerprint density at radius 3 is 2.35 bits per heavy atom. The largest absolute Gasteiger partial charge is 0.586 e. The average Bonchev–Trinajstić information content (AvgIpc) is 3.71. The SMILES string of the molecule is CC(C)(C)CC[C@H](c1ccc(C(=O)NCc2nn[nH]n2)cc1)N1C(=O)C(c2ccc3c(c2)OC(F)(F)O3)=NC12CCC(C(C)(C)C)CC2. The maximum Gasteiger partial charge on any atom is 0.586 e. The number of rotatable bonds is 8.